The highest BCUT2D eigenvalue weighted by Crippen LogP contribution is 2.33. The maximum Gasteiger partial charge on any atom is 0.420 e. The highest BCUT2D eigenvalue weighted by Gasteiger charge is 2.36. The molecule has 1 rings (SSSR count). The van der Waals surface area contributed by atoms with Crippen molar-refractivity contribution in [3.8, 4) is 0 Å². The summed E-state index contributed by atoms with van der Waals surface area (Å²) in [5.41, 5.74) is -1.45. The van der Waals surface area contributed by atoms with Crippen LogP contribution in [0.1, 0.15) is 21.7 Å². The fraction of sp³-hybridized carbons (Fsp3) is 0.286. The quantitative estimate of drug-likeness (QED) is 0.618. The molecule has 0 aliphatic heterocycles. The van der Waals surface area contributed by atoms with Gasteiger partial charge >= 0.3 is 6.18 Å². The number of carbonyl (C=O) groups excluding carboxylic acids is 1. The van der Waals surface area contributed by atoms with E-state index in [9.17, 15) is 18.0 Å². The number of rotatable bonds is 1. The number of hydrogen-bond acceptors (Lipinski definition) is 2. The van der Waals surface area contributed by atoms with Crippen LogP contribution in [-0.4, -0.2) is 6.29 Å². The number of hydrogen-bond donors (Lipinski definition) is 0. The molecule has 2 nitrogen and oxygen atoms in total. The fourth-order valence-electron chi connectivity index (χ4n) is 0.830. The third-order valence-corrected chi connectivity index (χ3v) is 1.45. The van der Waals surface area contributed by atoms with Crippen LogP contribution < -0.4 is 0 Å². The van der Waals surface area contributed by atoms with E-state index in [1.165, 1.54) is 6.92 Å². The first-order valence-corrected chi connectivity index (χ1v) is 3.07. The minimum absolute atomic E-state index is 0.0164. The molecule has 0 saturated carbocycles. The van der Waals surface area contributed by atoms with Gasteiger partial charge in [0.15, 0.2) is 6.29 Å². The second kappa shape index (κ2) is 2.66. The van der Waals surface area contributed by atoms with Gasteiger partial charge < -0.3 is 4.42 Å². The van der Waals surface area contributed by atoms with Gasteiger partial charge in [0.1, 0.15) is 17.6 Å². The summed E-state index contributed by atoms with van der Waals surface area (Å²) < 4.78 is 40.6. The topological polar surface area (TPSA) is 30.2 Å². The number of halogens is 3. The number of alkyl halides is 3. The first-order chi connectivity index (χ1) is 5.46. The van der Waals surface area contributed by atoms with Crippen molar-refractivity contribution in [3.05, 3.63) is 23.2 Å². The lowest BCUT2D eigenvalue weighted by Crippen LogP contribution is -2.06. The molecule has 0 saturated heterocycles. The fourth-order valence-corrected chi connectivity index (χ4v) is 0.830. The molecule has 0 fully saturated rings. The highest BCUT2D eigenvalue weighted by molar-refractivity contribution is 5.78. The Hall–Kier alpha value is -1.26. The Morgan fingerprint density at radius 1 is 1.50 bits per heavy atom. The van der Waals surface area contributed by atoms with Gasteiger partial charge in [-0.25, -0.2) is 0 Å². The van der Waals surface area contributed by atoms with E-state index in [-0.39, 0.29) is 12.0 Å². The molecule has 0 aliphatic carbocycles. The molecule has 1 heterocycles. The van der Waals surface area contributed by atoms with Crippen LogP contribution in [0.3, 0.4) is 0 Å². The molecule has 1 aromatic rings. The Bertz CT molecular complexity index is 298. The molecule has 0 N–H and O–H groups in total. The average Bonchev–Trinajstić information content (AvgIpc) is 2.29. The van der Waals surface area contributed by atoms with E-state index in [0.29, 0.717) is 6.26 Å². The van der Waals surface area contributed by atoms with Crippen LogP contribution >= 0.6 is 0 Å². The van der Waals surface area contributed by atoms with Gasteiger partial charge in [-0.05, 0) is 6.92 Å². The van der Waals surface area contributed by atoms with Crippen LogP contribution in [-0.2, 0) is 6.18 Å². The Morgan fingerprint density at radius 3 is 2.42 bits per heavy atom. The molecule has 66 valence electrons. The molecule has 0 amide bonds. The molecule has 5 heteroatoms. The van der Waals surface area contributed by atoms with Crippen molar-refractivity contribution in [2.45, 2.75) is 13.1 Å². The van der Waals surface area contributed by atoms with Gasteiger partial charge in [-0.3, -0.25) is 4.79 Å². The van der Waals surface area contributed by atoms with E-state index < -0.39 is 17.3 Å². The van der Waals surface area contributed by atoms with Crippen LogP contribution in [0.2, 0.25) is 0 Å². The zero-order chi connectivity index (χ0) is 9.35. The predicted molar refractivity (Wildman–Crippen MR) is 33.8 cm³/mol. The molecule has 0 spiro atoms. The van der Waals surface area contributed by atoms with Crippen LogP contribution in [0.4, 0.5) is 13.2 Å². The monoisotopic (exact) mass is 178 g/mol. The zero-order valence-corrected chi connectivity index (χ0v) is 6.11. The van der Waals surface area contributed by atoms with Crippen molar-refractivity contribution in [2.75, 3.05) is 0 Å². The first-order valence-electron chi connectivity index (χ1n) is 3.07. The summed E-state index contributed by atoms with van der Waals surface area (Å²) in [5.74, 6) is -0.0164. The molecular formula is C7H5F3O2. The molecule has 12 heavy (non-hydrogen) atoms. The predicted octanol–water partition coefficient (Wildman–Crippen LogP) is 2.42. The van der Waals surface area contributed by atoms with Crippen LogP contribution in [0.25, 0.3) is 0 Å². The standard InChI is InChI=1S/C7H5F3O2/c1-4-5(2-11)6(3-12-4)7(8,9)10/h2-3H,1H3. The lowest BCUT2D eigenvalue weighted by atomic mass is 10.2. The first kappa shape index (κ1) is 8.83. The van der Waals surface area contributed by atoms with Gasteiger partial charge in [0.2, 0.25) is 0 Å². The van der Waals surface area contributed by atoms with Crippen LogP contribution in [0.5, 0.6) is 0 Å². The summed E-state index contributed by atoms with van der Waals surface area (Å²) in [4.78, 5) is 10.2. The Morgan fingerprint density at radius 2 is 2.08 bits per heavy atom. The second-order valence-corrected chi connectivity index (χ2v) is 2.23. The van der Waals surface area contributed by atoms with E-state index in [2.05, 4.69) is 4.42 Å². The molecular weight excluding hydrogens is 173 g/mol. The molecule has 0 aromatic carbocycles. The van der Waals surface area contributed by atoms with Gasteiger partial charge in [-0.15, -0.1) is 0 Å². The van der Waals surface area contributed by atoms with Crippen molar-refractivity contribution in [3.63, 3.8) is 0 Å². The molecule has 0 atom stereocenters. The van der Waals surface area contributed by atoms with Crippen molar-refractivity contribution >= 4 is 6.29 Å². The Kier molecular flexibility index (Phi) is 1.95. The normalized spacial score (nSPS) is 11.7. The highest BCUT2D eigenvalue weighted by atomic mass is 19.4. The van der Waals surface area contributed by atoms with Gasteiger partial charge in [-0.2, -0.15) is 13.2 Å². The third-order valence-electron chi connectivity index (χ3n) is 1.45. The van der Waals surface area contributed by atoms with E-state index in [0.717, 1.165) is 0 Å². The number of aldehydes is 1. The van der Waals surface area contributed by atoms with Crippen molar-refractivity contribution in [2.24, 2.45) is 0 Å². The zero-order valence-electron chi connectivity index (χ0n) is 6.11. The van der Waals surface area contributed by atoms with Crippen molar-refractivity contribution in [1.82, 2.24) is 0 Å². The largest absolute Gasteiger partial charge is 0.468 e. The Labute approximate surface area is 66.0 Å². The van der Waals surface area contributed by atoms with Gasteiger partial charge in [0.25, 0.3) is 0 Å². The summed E-state index contributed by atoms with van der Waals surface area (Å²) in [6, 6.07) is 0. The van der Waals surface area contributed by atoms with E-state index >= 15 is 0 Å². The lowest BCUT2D eigenvalue weighted by molar-refractivity contribution is -0.138. The SMILES string of the molecule is Cc1occ(C(F)(F)F)c1C=O. The summed E-state index contributed by atoms with van der Waals surface area (Å²) in [5, 5.41) is 0. The van der Waals surface area contributed by atoms with Crippen molar-refractivity contribution < 1.29 is 22.4 Å². The smallest absolute Gasteiger partial charge is 0.420 e. The van der Waals surface area contributed by atoms with E-state index in [4.69, 9.17) is 0 Å². The van der Waals surface area contributed by atoms with Gasteiger partial charge in [0, 0.05) is 0 Å². The minimum atomic E-state index is -4.52. The maximum atomic E-state index is 12.0. The van der Waals surface area contributed by atoms with Crippen LogP contribution in [0, 0.1) is 6.92 Å². The second-order valence-electron chi connectivity index (χ2n) is 2.23. The van der Waals surface area contributed by atoms with E-state index in [1.54, 1.807) is 0 Å². The Balaban J connectivity index is 3.25. The number of furan rings is 1. The summed E-state index contributed by atoms with van der Waals surface area (Å²) in [6.45, 7) is 1.30. The van der Waals surface area contributed by atoms with Gasteiger partial charge in [-0.1, -0.05) is 0 Å². The number of aryl methyl sites for hydroxylation is 1. The van der Waals surface area contributed by atoms with Crippen molar-refractivity contribution in [1.29, 1.82) is 0 Å². The molecule has 0 unspecified atom stereocenters. The van der Waals surface area contributed by atoms with Crippen LogP contribution in [0.15, 0.2) is 10.7 Å². The minimum Gasteiger partial charge on any atom is -0.468 e. The average molecular weight is 178 g/mol. The van der Waals surface area contributed by atoms with E-state index in [1.807, 2.05) is 0 Å². The summed E-state index contributed by atoms with van der Waals surface area (Å²) in [6.07, 6.45) is -3.84. The molecule has 0 radical (unpaired) electrons. The molecule has 0 bridgehead atoms. The molecule has 1 aromatic heterocycles. The maximum absolute atomic E-state index is 12.0. The summed E-state index contributed by atoms with van der Waals surface area (Å²) >= 11 is 0. The molecule has 0 aliphatic rings. The number of carbonyl (C=O) groups is 1. The lowest BCUT2D eigenvalue weighted by Gasteiger charge is -2.02. The van der Waals surface area contributed by atoms with Gasteiger partial charge in [0.05, 0.1) is 5.56 Å². The third kappa shape index (κ3) is 1.34. The summed E-state index contributed by atoms with van der Waals surface area (Å²) in [7, 11) is 0.